The third-order valence-electron chi connectivity index (χ3n) is 5.13. The highest BCUT2D eigenvalue weighted by molar-refractivity contribution is 7.89. The van der Waals surface area contributed by atoms with Crippen LogP contribution in [0.2, 0.25) is 0 Å². The van der Waals surface area contributed by atoms with Crippen molar-refractivity contribution in [1.29, 1.82) is 5.26 Å². The van der Waals surface area contributed by atoms with Crippen LogP contribution in [0, 0.1) is 18.3 Å². The standard InChI is InChI=1S/C20H21N3O4S/c1-15-2-5-17(6-3-15)28(24,25)23-10-8-22(9-11-23)18(13-21)16-4-7-19-20(12-16)27-14-26-19/h2-7,12,18H,8-11,14H2,1H3. The summed E-state index contributed by atoms with van der Waals surface area (Å²) in [6.07, 6.45) is 0. The van der Waals surface area contributed by atoms with E-state index >= 15 is 0 Å². The van der Waals surface area contributed by atoms with Crippen molar-refractivity contribution >= 4 is 10.0 Å². The van der Waals surface area contributed by atoms with E-state index in [1.165, 1.54) is 4.31 Å². The highest BCUT2D eigenvalue weighted by Crippen LogP contribution is 2.35. The molecule has 1 fully saturated rings. The van der Waals surface area contributed by atoms with Gasteiger partial charge in [-0.05, 0) is 36.8 Å². The Morgan fingerprint density at radius 2 is 1.68 bits per heavy atom. The van der Waals surface area contributed by atoms with Gasteiger partial charge in [-0.3, -0.25) is 4.90 Å². The van der Waals surface area contributed by atoms with Gasteiger partial charge >= 0.3 is 0 Å². The molecule has 8 heteroatoms. The van der Waals surface area contributed by atoms with E-state index in [4.69, 9.17) is 9.47 Å². The van der Waals surface area contributed by atoms with Crippen molar-refractivity contribution in [1.82, 2.24) is 9.21 Å². The van der Waals surface area contributed by atoms with Gasteiger partial charge in [-0.15, -0.1) is 0 Å². The molecule has 4 rings (SSSR count). The third kappa shape index (κ3) is 3.44. The summed E-state index contributed by atoms with van der Waals surface area (Å²) in [5, 5.41) is 9.71. The Kier molecular flexibility index (Phi) is 4.98. The van der Waals surface area contributed by atoms with E-state index in [-0.39, 0.29) is 6.79 Å². The topological polar surface area (TPSA) is 82.9 Å². The summed E-state index contributed by atoms with van der Waals surface area (Å²) in [6.45, 7) is 3.77. The van der Waals surface area contributed by atoms with Gasteiger partial charge in [0.1, 0.15) is 6.04 Å². The van der Waals surface area contributed by atoms with E-state index in [1.807, 2.05) is 24.0 Å². The number of hydrogen-bond donors (Lipinski definition) is 0. The average molecular weight is 399 g/mol. The fourth-order valence-electron chi connectivity index (χ4n) is 3.51. The van der Waals surface area contributed by atoms with Gasteiger partial charge in [-0.1, -0.05) is 23.8 Å². The lowest BCUT2D eigenvalue weighted by molar-refractivity contribution is 0.162. The normalized spacial score (nSPS) is 18.6. The summed E-state index contributed by atoms with van der Waals surface area (Å²) in [6, 6.07) is 14.2. The van der Waals surface area contributed by atoms with Gasteiger partial charge in [0.15, 0.2) is 11.5 Å². The van der Waals surface area contributed by atoms with E-state index in [0.29, 0.717) is 42.6 Å². The molecule has 146 valence electrons. The van der Waals surface area contributed by atoms with Crippen molar-refractivity contribution in [3.63, 3.8) is 0 Å². The molecule has 0 amide bonds. The van der Waals surface area contributed by atoms with E-state index in [2.05, 4.69) is 6.07 Å². The Hall–Kier alpha value is -2.60. The molecule has 0 spiro atoms. The quantitative estimate of drug-likeness (QED) is 0.785. The van der Waals surface area contributed by atoms with Crippen molar-refractivity contribution in [3.8, 4) is 17.6 Å². The molecule has 1 saturated heterocycles. The van der Waals surface area contributed by atoms with Crippen molar-refractivity contribution in [3.05, 3.63) is 53.6 Å². The maximum absolute atomic E-state index is 12.9. The van der Waals surface area contributed by atoms with Gasteiger partial charge in [0.25, 0.3) is 0 Å². The molecule has 0 radical (unpaired) electrons. The zero-order valence-electron chi connectivity index (χ0n) is 15.5. The smallest absolute Gasteiger partial charge is 0.243 e. The Bertz CT molecular complexity index is 1010. The number of aryl methyl sites for hydroxylation is 1. The highest BCUT2D eigenvalue weighted by atomic mass is 32.2. The van der Waals surface area contributed by atoms with Crippen LogP contribution in [-0.2, 0) is 10.0 Å². The molecule has 2 aromatic rings. The van der Waals surface area contributed by atoms with Gasteiger partial charge in [0.2, 0.25) is 16.8 Å². The largest absolute Gasteiger partial charge is 0.454 e. The number of piperazine rings is 1. The molecule has 0 bridgehead atoms. The number of sulfonamides is 1. The monoisotopic (exact) mass is 399 g/mol. The fourth-order valence-corrected chi connectivity index (χ4v) is 4.93. The van der Waals surface area contributed by atoms with E-state index in [9.17, 15) is 13.7 Å². The first kappa shape index (κ1) is 18.7. The van der Waals surface area contributed by atoms with Crippen LogP contribution in [0.15, 0.2) is 47.4 Å². The average Bonchev–Trinajstić information content (AvgIpc) is 3.17. The van der Waals surface area contributed by atoms with Crippen molar-refractivity contribution in [2.24, 2.45) is 0 Å². The number of ether oxygens (including phenoxy) is 2. The second kappa shape index (κ2) is 7.43. The number of rotatable bonds is 4. The first-order chi connectivity index (χ1) is 13.5. The first-order valence-corrected chi connectivity index (χ1v) is 10.5. The summed E-state index contributed by atoms with van der Waals surface area (Å²) in [5.74, 6) is 1.31. The zero-order valence-corrected chi connectivity index (χ0v) is 16.4. The third-order valence-corrected chi connectivity index (χ3v) is 7.04. The minimum atomic E-state index is -3.52. The summed E-state index contributed by atoms with van der Waals surface area (Å²) in [7, 11) is -3.52. The number of benzene rings is 2. The minimum Gasteiger partial charge on any atom is -0.454 e. The van der Waals surface area contributed by atoms with Crippen LogP contribution in [0.4, 0.5) is 0 Å². The number of nitriles is 1. The molecule has 28 heavy (non-hydrogen) atoms. The van der Waals surface area contributed by atoms with Crippen LogP contribution < -0.4 is 9.47 Å². The van der Waals surface area contributed by atoms with Gasteiger partial charge in [-0.25, -0.2) is 8.42 Å². The Labute approximate surface area is 164 Å². The Morgan fingerprint density at radius 3 is 2.36 bits per heavy atom. The second-order valence-electron chi connectivity index (χ2n) is 6.90. The van der Waals surface area contributed by atoms with Gasteiger partial charge in [-0.2, -0.15) is 9.57 Å². The maximum Gasteiger partial charge on any atom is 0.243 e. The minimum absolute atomic E-state index is 0.186. The molecule has 0 saturated carbocycles. The molecule has 2 heterocycles. The lowest BCUT2D eigenvalue weighted by atomic mass is 10.1. The van der Waals surface area contributed by atoms with Crippen LogP contribution >= 0.6 is 0 Å². The summed E-state index contributed by atoms with van der Waals surface area (Å²) < 4.78 is 37.9. The van der Waals surface area contributed by atoms with Gasteiger partial charge in [0.05, 0.1) is 11.0 Å². The SMILES string of the molecule is Cc1ccc(S(=O)(=O)N2CCN(C(C#N)c3ccc4c(c3)OCO4)CC2)cc1. The molecule has 1 atom stereocenters. The van der Waals surface area contributed by atoms with Crippen LogP contribution in [-0.4, -0.2) is 50.6 Å². The summed E-state index contributed by atoms with van der Waals surface area (Å²) >= 11 is 0. The second-order valence-corrected chi connectivity index (χ2v) is 8.84. The van der Waals surface area contributed by atoms with Crippen molar-refractivity contribution in [2.75, 3.05) is 33.0 Å². The summed E-state index contributed by atoms with van der Waals surface area (Å²) in [5.41, 5.74) is 1.84. The molecule has 0 N–H and O–H groups in total. The maximum atomic E-state index is 12.9. The van der Waals surface area contributed by atoms with Gasteiger partial charge < -0.3 is 9.47 Å². The van der Waals surface area contributed by atoms with E-state index in [1.54, 1.807) is 30.3 Å². The lowest BCUT2D eigenvalue weighted by Crippen LogP contribution is -2.49. The van der Waals surface area contributed by atoms with Crippen molar-refractivity contribution < 1.29 is 17.9 Å². The molecule has 2 aromatic carbocycles. The summed E-state index contributed by atoms with van der Waals surface area (Å²) in [4.78, 5) is 2.30. The predicted octanol–water partition coefficient (Wildman–Crippen LogP) is 2.29. The predicted molar refractivity (Wildman–Crippen MR) is 102 cm³/mol. The van der Waals surface area contributed by atoms with Crippen LogP contribution in [0.5, 0.6) is 11.5 Å². The highest BCUT2D eigenvalue weighted by Gasteiger charge is 2.32. The molecular formula is C20H21N3O4S. The molecule has 0 aliphatic carbocycles. The molecule has 0 aromatic heterocycles. The molecular weight excluding hydrogens is 378 g/mol. The van der Waals surface area contributed by atoms with E-state index in [0.717, 1.165) is 11.1 Å². The number of hydrogen-bond acceptors (Lipinski definition) is 6. The first-order valence-electron chi connectivity index (χ1n) is 9.09. The fraction of sp³-hybridized carbons (Fsp3) is 0.350. The molecule has 7 nitrogen and oxygen atoms in total. The lowest BCUT2D eigenvalue weighted by Gasteiger charge is -2.36. The van der Waals surface area contributed by atoms with Crippen LogP contribution in [0.1, 0.15) is 17.2 Å². The number of fused-ring (bicyclic) bond motifs is 1. The Morgan fingerprint density at radius 1 is 1.00 bits per heavy atom. The van der Waals surface area contributed by atoms with E-state index < -0.39 is 16.1 Å². The van der Waals surface area contributed by atoms with Crippen molar-refractivity contribution in [2.45, 2.75) is 17.9 Å². The molecule has 1 unspecified atom stereocenters. The molecule has 2 aliphatic rings. The number of nitrogens with zero attached hydrogens (tertiary/aromatic N) is 3. The van der Waals surface area contributed by atoms with Crippen LogP contribution in [0.25, 0.3) is 0 Å². The molecule has 2 aliphatic heterocycles. The van der Waals surface area contributed by atoms with Crippen LogP contribution in [0.3, 0.4) is 0 Å². The zero-order chi connectivity index (χ0) is 19.7. The van der Waals surface area contributed by atoms with Gasteiger partial charge in [0, 0.05) is 26.2 Å². The Balaban J connectivity index is 1.47.